The van der Waals surface area contributed by atoms with E-state index in [9.17, 15) is 4.79 Å². The van der Waals surface area contributed by atoms with E-state index in [1.165, 1.54) is 0 Å². The first-order valence-electron chi connectivity index (χ1n) is 4.96. The lowest BCUT2D eigenvalue weighted by molar-refractivity contribution is 0.0699. The Balaban J connectivity index is 2.66. The van der Waals surface area contributed by atoms with Crippen LogP contribution in [-0.4, -0.2) is 48.1 Å². The average molecular weight is 291 g/mol. The van der Waals surface area contributed by atoms with E-state index >= 15 is 0 Å². The SMILES string of the molecule is COCCN(CCBr)C(=O)c1cc(C)on1. The van der Waals surface area contributed by atoms with Crippen molar-refractivity contribution in [1.82, 2.24) is 10.1 Å². The summed E-state index contributed by atoms with van der Waals surface area (Å²) in [6, 6.07) is 1.64. The number of methoxy groups -OCH3 is 1. The van der Waals surface area contributed by atoms with E-state index in [4.69, 9.17) is 9.26 Å². The van der Waals surface area contributed by atoms with E-state index in [-0.39, 0.29) is 5.91 Å². The summed E-state index contributed by atoms with van der Waals surface area (Å²) in [6.45, 7) is 3.43. The molecule has 0 bridgehead atoms. The molecule has 0 radical (unpaired) electrons. The van der Waals surface area contributed by atoms with Crippen molar-refractivity contribution in [2.75, 3.05) is 32.1 Å². The number of carbonyl (C=O) groups is 1. The minimum atomic E-state index is -0.131. The smallest absolute Gasteiger partial charge is 0.276 e. The Labute approximate surface area is 103 Å². The number of alkyl halides is 1. The van der Waals surface area contributed by atoms with Gasteiger partial charge in [0.15, 0.2) is 5.69 Å². The molecule has 1 rings (SSSR count). The maximum absolute atomic E-state index is 12.0. The number of ether oxygens (including phenoxy) is 1. The fourth-order valence-electron chi connectivity index (χ4n) is 1.25. The molecule has 0 saturated heterocycles. The van der Waals surface area contributed by atoms with Crippen LogP contribution in [0, 0.1) is 6.92 Å². The lowest BCUT2D eigenvalue weighted by Crippen LogP contribution is -2.35. The minimum Gasteiger partial charge on any atom is -0.383 e. The Bertz CT molecular complexity index is 341. The topological polar surface area (TPSA) is 55.6 Å². The standard InChI is InChI=1S/C10H15BrN2O3/c1-8-7-9(12-16-8)10(14)13(4-3-11)5-6-15-2/h7H,3-6H2,1-2H3. The van der Waals surface area contributed by atoms with E-state index < -0.39 is 0 Å². The molecule has 6 heteroatoms. The van der Waals surface area contributed by atoms with Crippen LogP contribution in [0.4, 0.5) is 0 Å². The molecule has 1 heterocycles. The molecule has 0 aliphatic carbocycles. The molecule has 0 spiro atoms. The highest BCUT2D eigenvalue weighted by atomic mass is 79.9. The molecule has 0 atom stereocenters. The molecule has 0 fully saturated rings. The molecule has 16 heavy (non-hydrogen) atoms. The summed E-state index contributed by atoms with van der Waals surface area (Å²) < 4.78 is 9.83. The normalized spacial score (nSPS) is 10.4. The summed E-state index contributed by atoms with van der Waals surface area (Å²) in [6.07, 6.45) is 0. The van der Waals surface area contributed by atoms with Gasteiger partial charge < -0.3 is 14.2 Å². The van der Waals surface area contributed by atoms with Crippen molar-refractivity contribution in [2.24, 2.45) is 0 Å². The zero-order valence-electron chi connectivity index (χ0n) is 9.40. The number of aromatic nitrogens is 1. The van der Waals surface area contributed by atoms with Gasteiger partial charge in [0, 0.05) is 31.6 Å². The van der Waals surface area contributed by atoms with Crippen LogP contribution >= 0.6 is 15.9 Å². The Morgan fingerprint density at radius 3 is 2.88 bits per heavy atom. The second-order valence-electron chi connectivity index (χ2n) is 3.30. The van der Waals surface area contributed by atoms with Gasteiger partial charge in [-0.05, 0) is 6.92 Å². The molecule has 0 aromatic carbocycles. The van der Waals surface area contributed by atoms with Gasteiger partial charge in [-0.2, -0.15) is 0 Å². The monoisotopic (exact) mass is 290 g/mol. The summed E-state index contributed by atoms with van der Waals surface area (Å²) in [4.78, 5) is 13.7. The average Bonchev–Trinajstić information content (AvgIpc) is 2.70. The summed E-state index contributed by atoms with van der Waals surface area (Å²) in [5.41, 5.74) is 0.342. The molecule has 0 unspecified atom stereocenters. The van der Waals surface area contributed by atoms with Crippen molar-refractivity contribution in [3.05, 3.63) is 17.5 Å². The van der Waals surface area contributed by atoms with Gasteiger partial charge >= 0.3 is 0 Å². The van der Waals surface area contributed by atoms with Gasteiger partial charge in [-0.15, -0.1) is 0 Å². The predicted molar refractivity (Wildman–Crippen MR) is 62.8 cm³/mol. The van der Waals surface area contributed by atoms with Gasteiger partial charge in [0.1, 0.15) is 5.76 Å². The maximum Gasteiger partial charge on any atom is 0.276 e. The molecular weight excluding hydrogens is 276 g/mol. The quantitative estimate of drug-likeness (QED) is 0.745. The van der Waals surface area contributed by atoms with Crippen LogP contribution in [0.3, 0.4) is 0 Å². The van der Waals surface area contributed by atoms with E-state index in [2.05, 4.69) is 21.1 Å². The number of halogens is 1. The molecule has 0 N–H and O–H groups in total. The van der Waals surface area contributed by atoms with Crippen molar-refractivity contribution in [3.63, 3.8) is 0 Å². The summed E-state index contributed by atoms with van der Waals surface area (Å²) >= 11 is 3.31. The zero-order chi connectivity index (χ0) is 12.0. The third kappa shape index (κ3) is 3.61. The van der Waals surface area contributed by atoms with Crippen molar-refractivity contribution in [3.8, 4) is 0 Å². The fraction of sp³-hybridized carbons (Fsp3) is 0.600. The third-order valence-corrected chi connectivity index (χ3v) is 2.41. The Kier molecular flexibility index (Phi) is 5.48. The first kappa shape index (κ1) is 13.2. The first-order chi connectivity index (χ1) is 7.69. The largest absolute Gasteiger partial charge is 0.383 e. The van der Waals surface area contributed by atoms with E-state index in [0.29, 0.717) is 31.2 Å². The van der Waals surface area contributed by atoms with E-state index in [0.717, 1.165) is 5.33 Å². The zero-order valence-corrected chi connectivity index (χ0v) is 11.0. The highest BCUT2D eigenvalue weighted by Crippen LogP contribution is 2.06. The third-order valence-electron chi connectivity index (χ3n) is 2.05. The van der Waals surface area contributed by atoms with Crippen LogP contribution in [-0.2, 0) is 4.74 Å². The number of nitrogens with zero attached hydrogens (tertiary/aromatic N) is 2. The van der Waals surface area contributed by atoms with E-state index in [1.807, 2.05) is 0 Å². The lowest BCUT2D eigenvalue weighted by atomic mass is 10.3. The highest BCUT2D eigenvalue weighted by Gasteiger charge is 2.18. The van der Waals surface area contributed by atoms with Crippen LogP contribution < -0.4 is 0 Å². The number of hydrogen-bond acceptors (Lipinski definition) is 4. The van der Waals surface area contributed by atoms with Gasteiger partial charge in [-0.1, -0.05) is 21.1 Å². The van der Waals surface area contributed by atoms with Crippen molar-refractivity contribution in [2.45, 2.75) is 6.92 Å². The molecule has 1 aromatic rings. The Hall–Kier alpha value is -0.880. The Morgan fingerprint density at radius 1 is 1.62 bits per heavy atom. The summed E-state index contributed by atoms with van der Waals surface area (Å²) in [5.74, 6) is 0.502. The summed E-state index contributed by atoms with van der Waals surface area (Å²) in [7, 11) is 1.61. The van der Waals surface area contributed by atoms with Crippen molar-refractivity contribution >= 4 is 21.8 Å². The first-order valence-corrected chi connectivity index (χ1v) is 6.08. The molecule has 0 aliphatic rings. The van der Waals surface area contributed by atoms with Crippen LogP contribution in [0.25, 0.3) is 0 Å². The molecule has 90 valence electrons. The van der Waals surface area contributed by atoms with Crippen LogP contribution in [0.15, 0.2) is 10.6 Å². The minimum absolute atomic E-state index is 0.131. The van der Waals surface area contributed by atoms with Crippen LogP contribution in [0.1, 0.15) is 16.2 Å². The number of aryl methyl sites for hydroxylation is 1. The summed E-state index contributed by atoms with van der Waals surface area (Å²) in [5, 5.41) is 4.43. The number of amides is 1. The lowest BCUT2D eigenvalue weighted by Gasteiger charge is -2.19. The van der Waals surface area contributed by atoms with Gasteiger partial charge in [0.05, 0.1) is 6.61 Å². The van der Waals surface area contributed by atoms with Gasteiger partial charge in [-0.25, -0.2) is 0 Å². The second kappa shape index (κ2) is 6.65. The molecular formula is C10H15BrN2O3. The van der Waals surface area contributed by atoms with E-state index in [1.54, 1.807) is 25.0 Å². The highest BCUT2D eigenvalue weighted by molar-refractivity contribution is 9.09. The Morgan fingerprint density at radius 2 is 2.38 bits per heavy atom. The molecule has 5 nitrogen and oxygen atoms in total. The molecule has 1 aromatic heterocycles. The number of rotatable bonds is 6. The van der Waals surface area contributed by atoms with Crippen LogP contribution in [0.5, 0.6) is 0 Å². The van der Waals surface area contributed by atoms with Gasteiger partial charge in [0.2, 0.25) is 0 Å². The molecule has 0 saturated carbocycles. The second-order valence-corrected chi connectivity index (χ2v) is 4.09. The fourth-order valence-corrected chi connectivity index (χ4v) is 1.68. The van der Waals surface area contributed by atoms with Gasteiger partial charge in [0.25, 0.3) is 5.91 Å². The van der Waals surface area contributed by atoms with Crippen LogP contribution in [0.2, 0.25) is 0 Å². The maximum atomic E-state index is 12.0. The molecule has 0 aliphatic heterocycles. The number of carbonyl (C=O) groups excluding carboxylic acids is 1. The number of hydrogen-bond donors (Lipinski definition) is 0. The van der Waals surface area contributed by atoms with Gasteiger partial charge in [-0.3, -0.25) is 4.79 Å². The predicted octanol–water partition coefficient (Wildman–Crippen LogP) is 1.47. The molecule has 1 amide bonds. The van der Waals surface area contributed by atoms with Crippen molar-refractivity contribution in [1.29, 1.82) is 0 Å². The van der Waals surface area contributed by atoms with Crippen molar-refractivity contribution < 1.29 is 14.1 Å².